The topological polar surface area (TPSA) is 42.0 Å². The Morgan fingerprint density at radius 3 is 3.06 bits per heavy atom. The Hall–Kier alpha value is -1.29. The number of nitrogens with zero attached hydrogens (tertiary/aromatic N) is 1. The second-order valence-electron chi connectivity index (χ2n) is 4.15. The molecule has 1 aliphatic heterocycles. The summed E-state index contributed by atoms with van der Waals surface area (Å²) in [5, 5.41) is 3.21. The highest BCUT2D eigenvalue weighted by molar-refractivity contribution is 6.03. The molecule has 1 fully saturated rings. The molecule has 0 amide bonds. The molecule has 1 atom stereocenters. The highest BCUT2D eigenvalue weighted by Crippen LogP contribution is 2.27. The maximum absolute atomic E-state index is 13.5. The minimum Gasteiger partial charge on any atom is -0.305 e. The van der Waals surface area contributed by atoms with Gasteiger partial charge in [-0.2, -0.15) is 0 Å². The largest absolute Gasteiger partial charge is 0.305 e. The minimum absolute atomic E-state index is 0.145. The molecule has 0 saturated carbocycles. The van der Waals surface area contributed by atoms with Crippen molar-refractivity contribution < 1.29 is 9.18 Å². The first-order chi connectivity index (χ1) is 7.69. The minimum atomic E-state index is -0.567. The van der Waals surface area contributed by atoms with E-state index in [1.165, 1.54) is 12.3 Å². The zero-order valence-electron chi connectivity index (χ0n) is 9.29. The fourth-order valence-electron chi connectivity index (χ4n) is 2.28. The van der Waals surface area contributed by atoms with Gasteiger partial charge in [-0.25, -0.2) is 4.39 Å². The molecule has 0 radical (unpaired) electrons. The molecule has 2 heterocycles. The van der Waals surface area contributed by atoms with Crippen molar-refractivity contribution in [1.29, 1.82) is 0 Å². The summed E-state index contributed by atoms with van der Waals surface area (Å²) in [6, 6.07) is 1.45. The summed E-state index contributed by atoms with van der Waals surface area (Å²) in [6.07, 6.45) is 4.98. The maximum Gasteiger partial charge on any atom is 0.185 e. The van der Waals surface area contributed by atoms with Crippen LogP contribution in [0.5, 0.6) is 0 Å². The van der Waals surface area contributed by atoms with Crippen LogP contribution in [0.2, 0.25) is 0 Å². The molecule has 1 unspecified atom stereocenters. The lowest BCUT2D eigenvalue weighted by Crippen LogP contribution is -2.47. The summed E-state index contributed by atoms with van der Waals surface area (Å²) in [4.78, 5) is 15.9. The fraction of sp³-hybridized carbons (Fsp3) is 0.500. The van der Waals surface area contributed by atoms with Gasteiger partial charge in [-0.1, -0.05) is 6.92 Å². The molecule has 3 nitrogen and oxygen atoms in total. The van der Waals surface area contributed by atoms with E-state index in [9.17, 15) is 9.18 Å². The van der Waals surface area contributed by atoms with Gasteiger partial charge < -0.3 is 5.32 Å². The van der Waals surface area contributed by atoms with Gasteiger partial charge in [0.2, 0.25) is 0 Å². The smallest absolute Gasteiger partial charge is 0.185 e. The summed E-state index contributed by atoms with van der Waals surface area (Å²) in [5.74, 6) is -0.679. The van der Waals surface area contributed by atoms with Crippen LogP contribution in [0.1, 0.15) is 36.5 Å². The number of hydrogen-bond acceptors (Lipinski definition) is 3. The van der Waals surface area contributed by atoms with Crippen LogP contribution in [-0.4, -0.2) is 22.9 Å². The number of carbonyl (C=O) groups is 1. The van der Waals surface area contributed by atoms with E-state index in [1.807, 2.05) is 6.92 Å². The van der Waals surface area contributed by atoms with Crippen LogP contribution in [0.15, 0.2) is 18.5 Å². The molecule has 4 heteroatoms. The Morgan fingerprint density at radius 1 is 1.69 bits per heavy atom. The van der Waals surface area contributed by atoms with E-state index >= 15 is 0 Å². The van der Waals surface area contributed by atoms with Crippen molar-refractivity contribution in [3.63, 3.8) is 0 Å². The van der Waals surface area contributed by atoms with E-state index in [4.69, 9.17) is 0 Å². The van der Waals surface area contributed by atoms with Crippen LogP contribution >= 0.6 is 0 Å². The molecule has 0 aromatic carbocycles. The maximum atomic E-state index is 13.5. The predicted molar refractivity (Wildman–Crippen MR) is 58.8 cm³/mol. The SMILES string of the molecule is CCC1(C(=O)c2ccncc2F)CCCN1. The summed E-state index contributed by atoms with van der Waals surface area (Å²) < 4.78 is 13.5. The van der Waals surface area contributed by atoms with Crippen LogP contribution in [0.3, 0.4) is 0 Å². The van der Waals surface area contributed by atoms with Crippen molar-refractivity contribution in [3.05, 3.63) is 29.8 Å². The van der Waals surface area contributed by atoms with Gasteiger partial charge in [-0.05, 0) is 31.9 Å². The molecule has 1 saturated heterocycles. The van der Waals surface area contributed by atoms with E-state index in [2.05, 4.69) is 10.3 Å². The Morgan fingerprint density at radius 2 is 2.50 bits per heavy atom. The average molecular weight is 222 g/mol. The Labute approximate surface area is 94.1 Å². The Bertz CT molecular complexity index is 400. The standard InChI is InChI=1S/C12H15FN2O/c1-2-12(5-3-6-15-12)11(16)9-4-7-14-8-10(9)13/h4,7-8,15H,2-3,5-6H2,1H3. The number of halogens is 1. The molecule has 86 valence electrons. The molecule has 1 aromatic rings. The lowest BCUT2D eigenvalue weighted by atomic mass is 9.85. The lowest BCUT2D eigenvalue weighted by Gasteiger charge is -2.26. The second kappa shape index (κ2) is 4.29. The van der Waals surface area contributed by atoms with Gasteiger partial charge >= 0.3 is 0 Å². The van der Waals surface area contributed by atoms with Crippen molar-refractivity contribution in [2.24, 2.45) is 0 Å². The first kappa shape index (κ1) is 11.2. The van der Waals surface area contributed by atoms with E-state index < -0.39 is 11.4 Å². The monoisotopic (exact) mass is 222 g/mol. The van der Waals surface area contributed by atoms with Gasteiger partial charge in [0.25, 0.3) is 0 Å². The van der Waals surface area contributed by atoms with Crippen LogP contribution in [0.4, 0.5) is 4.39 Å². The number of nitrogens with one attached hydrogen (secondary N) is 1. The third-order valence-corrected chi connectivity index (χ3v) is 3.30. The number of aromatic nitrogens is 1. The Kier molecular flexibility index (Phi) is 3.01. The fourth-order valence-corrected chi connectivity index (χ4v) is 2.28. The number of ketones is 1. The Balaban J connectivity index is 2.34. The van der Waals surface area contributed by atoms with Crippen molar-refractivity contribution in [2.45, 2.75) is 31.7 Å². The van der Waals surface area contributed by atoms with Crippen LogP contribution in [0, 0.1) is 5.82 Å². The highest BCUT2D eigenvalue weighted by atomic mass is 19.1. The summed E-state index contributed by atoms with van der Waals surface area (Å²) in [5.41, 5.74) is -0.423. The van der Waals surface area contributed by atoms with Crippen molar-refractivity contribution in [2.75, 3.05) is 6.54 Å². The van der Waals surface area contributed by atoms with Crippen molar-refractivity contribution in [1.82, 2.24) is 10.3 Å². The number of carbonyl (C=O) groups excluding carboxylic acids is 1. The van der Waals surface area contributed by atoms with Gasteiger partial charge in [0, 0.05) is 6.20 Å². The summed E-state index contributed by atoms with van der Waals surface area (Å²) >= 11 is 0. The summed E-state index contributed by atoms with van der Waals surface area (Å²) in [7, 11) is 0. The lowest BCUT2D eigenvalue weighted by molar-refractivity contribution is 0.0859. The van der Waals surface area contributed by atoms with Gasteiger partial charge in [0.15, 0.2) is 11.6 Å². The van der Waals surface area contributed by atoms with Gasteiger partial charge in [0.1, 0.15) is 0 Å². The van der Waals surface area contributed by atoms with E-state index in [0.29, 0.717) is 6.42 Å². The van der Waals surface area contributed by atoms with Crippen LogP contribution in [0.25, 0.3) is 0 Å². The predicted octanol–water partition coefficient (Wildman–Crippen LogP) is 1.94. The molecular weight excluding hydrogens is 207 g/mol. The molecule has 0 aliphatic carbocycles. The molecule has 16 heavy (non-hydrogen) atoms. The zero-order valence-corrected chi connectivity index (χ0v) is 9.29. The first-order valence-corrected chi connectivity index (χ1v) is 5.59. The number of hydrogen-bond donors (Lipinski definition) is 1. The third kappa shape index (κ3) is 1.73. The van der Waals surface area contributed by atoms with E-state index in [-0.39, 0.29) is 11.3 Å². The molecule has 0 bridgehead atoms. The number of Topliss-reactive ketones (excluding diaryl/α,β-unsaturated/α-hetero) is 1. The van der Waals surface area contributed by atoms with Gasteiger partial charge in [-0.3, -0.25) is 9.78 Å². The van der Waals surface area contributed by atoms with Crippen LogP contribution in [-0.2, 0) is 0 Å². The highest BCUT2D eigenvalue weighted by Gasteiger charge is 2.40. The van der Waals surface area contributed by atoms with Crippen molar-refractivity contribution in [3.8, 4) is 0 Å². The van der Waals surface area contributed by atoms with E-state index in [0.717, 1.165) is 25.6 Å². The average Bonchev–Trinajstić information content (AvgIpc) is 2.78. The quantitative estimate of drug-likeness (QED) is 0.795. The summed E-state index contributed by atoms with van der Waals surface area (Å²) in [6.45, 7) is 2.78. The van der Waals surface area contributed by atoms with Gasteiger partial charge in [0.05, 0.1) is 17.3 Å². The molecule has 1 aliphatic rings. The zero-order chi connectivity index (χ0) is 11.6. The second-order valence-corrected chi connectivity index (χ2v) is 4.15. The first-order valence-electron chi connectivity index (χ1n) is 5.59. The van der Waals surface area contributed by atoms with Crippen LogP contribution < -0.4 is 5.32 Å². The normalized spacial score (nSPS) is 24.6. The number of pyridine rings is 1. The third-order valence-electron chi connectivity index (χ3n) is 3.30. The molecule has 2 rings (SSSR count). The molecule has 1 N–H and O–H groups in total. The van der Waals surface area contributed by atoms with Gasteiger partial charge in [-0.15, -0.1) is 0 Å². The van der Waals surface area contributed by atoms with Crippen molar-refractivity contribution >= 4 is 5.78 Å². The molecule has 0 spiro atoms. The molecule has 1 aromatic heterocycles. The molecular formula is C12H15FN2O. The van der Waals surface area contributed by atoms with E-state index in [1.54, 1.807) is 0 Å². The number of rotatable bonds is 3.